The molecule has 0 aliphatic carbocycles. The van der Waals surface area contributed by atoms with E-state index in [9.17, 15) is 9.59 Å². The fraction of sp³-hybridized carbons (Fsp3) is 0.238. The van der Waals surface area contributed by atoms with Crippen molar-refractivity contribution >= 4 is 23.3 Å². The molecule has 0 radical (unpaired) electrons. The molecular formula is C21H22N2O3. The number of hydrogen-bond acceptors (Lipinski definition) is 4. The number of para-hydroxylation sites is 2. The number of fused-ring (bicyclic) bond motifs is 1. The molecule has 2 aromatic carbocycles. The highest BCUT2D eigenvalue weighted by Crippen LogP contribution is 2.31. The van der Waals surface area contributed by atoms with Crippen LogP contribution in [0.4, 0.5) is 11.4 Å². The molecule has 0 spiro atoms. The van der Waals surface area contributed by atoms with Gasteiger partial charge < -0.3 is 15.0 Å². The van der Waals surface area contributed by atoms with Gasteiger partial charge in [0.15, 0.2) is 0 Å². The molecule has 0 atom stereocenters. The summed E-state index contributed by atoms with van der Waals surface area (Å²) in [6.45, 7) is 4.57. The molecule has 134 valence electrons. The Morgan fingerprint density at radius 3 is 2.58 bits per heavy atom. The average molecular weight is 350 g/mol. The van der Waals surface area contributed by atoms with E-state index in [0.717, 1.165) is 16.9 Å². The Balaban J connectivity index is 1.91. The van der Waals surface area contributed by atoms with E-state index in [2.05, 4.69) is 5.32 Å². The highest BCUT2D eigenvalue weighted by Gasteiger charge is 2.23. The van der Waals surface area contributed by atoms with E-state index in [-0.39, 0.29) is 18.3 Å². The van der Waals surface area contributed by atoms with Crippen molar-refractivity contribution in [3.05, 3.63) is 71.4 Å². The van der Waals surface area contributed by atoms with Crippen molar-refractivity contribution in [2.75, 3.05) is 16.8 Å². The lowest BCUT2D eigenvalue weighted by atomic mass is 10.1. The first kappa shape index (κ1) is 17.7. The molecular weight excluding hydrogens is 328 g/mol. The minimum atomic E-state index is -0.358. The molecule has 1 heterocycles. The van der Waals surface area contributed by atoms with Crippen LogP contribution in [0.3, 0.4) is 0 Å². The number of carbonyl (C=O) groups excluding carboxylic acids is 2. The van der Waals surface area contributed by atoms with Gasteiger partial charge in [-0.15, -0.1) is 0 Å². The number of amides is 1. The number of aryl methyl sites for hydroxylation is 1. The normalized spacial score (nSPS) is 13.4. The number of anilines is 2. The van der Waals surface area contributed by atoms with Crippen molar-refractivity contribution in [2.45, 2.75) is 26.8 Å². The lowest BCUT2D eigenvalue weighted by molar-refractivity contribution is -0.142. The molecule has 5 nitrogen and oxygen atoms in total. The van der Waals surface area contributed by atoms with Crippen LogP contribution in [-0.4, -0.2) is 18.5 Å². The van der Waals surface area contributed by atoms with E-state index in [4.69, 9.17) is 4.74 Å². The molecule has 1 aliphatic rings. The van der Waals surface area contributed by atoms with Crippen LogP contribution in [-0.2, 0) is 20.9 Å². The first-order valence-corrected chi connectivity index (χ1v) is 8.66. The van der Waals surface area contributed by atoms with Gasteiger partial charge >= 0.3 is 5.97 Å². The van der Waals surface area contributed by atoms with Crippen molar-refractivity contribution in [1.82, 2.24) is 0 Å². The summed E-state index contributed by atoms with van der Waals surface area (Å²) in [4.78, 5) is 26.4. The van der Waals surface area contributed by atoms with Gasteiger partial charge in [0.2, 0.25) is 0 Å². The van der Waals surface area contributed by atoms with Gasteiger partial charge in [-0.3, -0.25) is 9.59 Å². The first-order chi connectivity index (χ1) is 12.6. The summed E-state index contributed by atoms with van der Waals surface area (Å²) in [6.07, 6.45) is 1.51. The topological polar surface area (TPSA) is 58.6 Å². The fourth-order valence-corrected chi connectivity index (χ4v) is 2.87. The number of rotatable bonds is 5. The van der Waals surface area contributed by atoms with Gasteiger partial charge in [0.1, 0.15) is 0 Å². The molecule has 0 saturated heterocycles. The van der Waals surface area contributed by atoms with Crippen LogP contribution in [0.25, 0.3) is 0 Å². The molecule has 1 N–H and O–H groups in total. The first-order valence-electron chi connectivity index (χ1n) is 8.66. The van der Waals surface area contributed by atoms with Crippen molar-refractivity contribution < 1.29 is 14.3 Å². The number of hydrogen-bond donors (Lipinski definition) is 1. The molecule has 0 fully saturated rings. The van der Waals surface area contributed by atoms with Gasteiger partial charge in [0.25, 0.3) is 5.91 Å². The van der Waals surface area contributed by atoms with Gasteiger partial charge in [-0.05, 0) is 31.5 Å². The van der Waals surface area contributed by atoms with Gasteiger partial charge in [-0.25, -0.2) is 0 Å². The van der Waals surface area contributed by atoms with E-state index in [1.165, 1.54) is 11.6 Å². The second kappa shape index (κ2) is 7.87. The van der Waals surface area contributed by atoms with Crippen LogP contribution in [0, 0.1) is 6.92 Å². The second-order valence-corrected chi connectivity index (χ2v) is 6.20. The van der Waals surface area contributed by atoms with E-state index in [1.54, 1.807) is 11.8 Å². The third-order valence-corrected chi connectivity index (χ3v) is 4.16. The van der Waals surface area contributed by atoms with Crippen LogP contribution >= 0.6 is 0 Å². The Hall–Kier alpha value is -3.08. The maximum atomic E-state index is 12.9. The second-order valence-electron chi connectivity index (χ2n) is 6.20. The summed E-state index contributed by atoms with van der Waals surface area (Å²) in [5, 5.41) is 3.20. The smallest absolute Gasteiger partial charge is 0.311 e. The Labute approximate surface area is 153 Å². The molecule has 1 amide bonds. The molecule has 5 heteroatoms. The summed E-state index contributed by atoms with van der Waals surface area (Å²) in [5.41, 5.74) is 4.33. The largest absolute Gasteiger partial charge is 0.466 e. The maximum absolute atomic E-state index is 12.9. The molecule has 0 saturated carbocycles. The summed E-state index contributed by atoms with van der Waals surface area (Å²) in [7, 11) is 0. The number of nitrogens with zero attached hydrogens (tertiary/aromatic N) is 1. The quantitative estimate of drug-likeness (QED) is 0.834. The number of esters is 1. The van der Waals surface area contributed by atoms with Crippen molar-refractivity contribution in [2.24, 2.45) is 0 Å². The molecule has 0 unspecified atom stereocenters. The van der Waals surface area contributed by atoms with Gasteiger partial charge in [0, 0.05) is 11.8 Å². The number of carbonyl (C=O) groups is 2. The van der Waals surface area contributed by atoms with Crippen LogP contribution in [0.15, 0.2) is 60.3 Å². The van der Waals surface area contributed by atoms with E-state index < -0.39 is 0 Å². The zero-order valence-electron chi connectivity index (χ0n) is 15.0. The number of benzene rings is 2. The highest BCUT2D eigenvalue weighted by atomic mass is 16.5. The molecule has 26 heavy (non-hydrogen) atoms. The van der Waals surface area contributed by atoms with Crippen LogP contribution in [0.2, 0.25) is 0 Å². The van der Waals surface area contributed by atoms with Gasteiger partial charge in [0.05, 0.1) is 30.9 Å². The number of ether oxygens (including phenoxy) is 1. The van der Waals surface area contributed by atoms with Crippen LogP contribution < -0.4 is 10.2 Å². The zero-order valence-corrected chi connectivity index (χ0v) is 15.0. The van der Waals surface area contributed by atoms with Crippen LogP contribution in [0.5, 0.6) is 0 Å². The van der Waals surface area contributed by atoms with Crippen molar-refractivity contribution in [3.8, 4) is 0 Å². The highest BCUT2D eigenvalue weighted by molar-refractivity contribution is 6.06. The Kier molecular flexibility index (Phi) is 5.37. The minimum Gasteiger partial charge on any atom is -0.466 e. The summed E-state index contributed by atoms with van der Waals surface area (Å²) in [6, 6.07) is 15.7. The van der Waals surface area contributed by atoms with Crippen molar-refractivity contribution in [3.63, 3.8) is 0 Å². The summed E-state index contributed by atoms with van der Waals surface area (Å²) >= 11 is 0. The average Bonchev–Trinajstić information content (AvgIpc) is 2.74. The van der Waals surface area contributed by atoms with E-state index in [1.807, 2.05) is 55.5 Å². The third-order valence-electron chi connectivity index (χ3n) is 4.16. The molecule has 0 bridgehead atoms. The SMILES string of the molecule is CCOC(=O)CC1=CC(=O)N(Cc2ccc(C)cc2)c2ccccc2N1. The lowest BCUT2D eigenvalue weighted by Crippen LogP contribution is -2.28. The van der Waals surface area contributed by atoms with Crippen molar-refractivity contribution in [1.29, 1.82) is 0 Å². The van der Waals surface area contributed by atoms with E-state index >= 15 is 0 Å². The maximum Gasteiger partial charge on any atom is 0.311 e. The number of nitrogens with one attached hydrogen (secondary N) is 1. The van der Waals surface area contributed by atoms with E-state index in [0.29, 0.717) is 18.8 Å². The van der Waals surface area contributed by atoms with Gasteiger partial charge in [-0.2, -0.15) is 0 Å². The Morgan fingerprint density at radius 2 is 1.85 bits per heavy atom. The zero-order chi connectivity index (χ0) is 18.5. The summed E-state index contributed by atoms with van der Waals surface area (Å²) in [5.74, 6) is -0.522. The molecule has 3 rings (SSSR count). The monoisotopic (exact) mass is 350 g/mol. The predicted molar refractivity (Wildman–Crippen MR) is 102 cm³/mol. The predicted octanol–water partition coefficient (Wildman–Crippen LogP) is 3.79. The fourth-order valence-electron chi connectivity index (χ4n) is 2.87. The molecule has 1 aliphatic heterocycles. The lowest BCUT2D eigenvalue weighted by Gasteiger charge is -2.22. The summed E-state index contributed by atoms with van der Waals surface area (Å²) < 4.78 is 5.00. The Bertz CT molecular complexity index is 841. The van der Waals surface area contributed by atoms with Gasteiger partial charge in [-0.1, -0.05) is 42.0 Å². The standard InChI is InChI=1S/C21H22N2O3/c1-3-26-21(25)13-17-12-20(24)23(14-16-10-8-15(2)9-11-16)19-7-5-4-6-18(19)22-17/h4-12,22H,3,13-14H2,1-2H3. The molecule has 2 aromatic rings. The third kappa shape index (κ3) is 4.11. The van der Waals surface area contributed by atoms with Crippen LogP contribution in [0.1, 0.15) is 24.5 Å². The Morgan fingerprint density at radius 1 is 1.12 bits per heavy atom. The molecule has 0 aromatic heterocycles. The minimum absolute atomic E-state index is 0.0340.